The second-order valence-corrected chi connectivity index (χ2v) is 5.24. The third kappa shape index (κ3) is 3.69. The number of nitrogens with one attached hydrogen (secondary N) is 1. The molecule has 0 radical (unpaired) electrons. The van der Waals surface area contributed by atoms with E-state index >= 15 is 0 Å². The number of aliphatic hydroxyl groups excluding tert-OH is 1. The van der Waals surface area contributed by atoms with E-state index in [4.69, 9.17) is 5.11 Å². The molecule has 0 aromatic carbocycles. The molecule has 1 aliphatic carbocycles. The smallest absolute Gasteiger partial charge is 0.257 e. The molecule has 0 atom stereocenters. The van der Waals surface area contributed by atoms with Crippen molar-refractivity contribution in [2.45, 2.75) is 38.6 Å². The van der Waals surface area contributed by atoms with Gasteiger partial charge in [0.1, 0.15) is 11.6 Å². The first-order chi connectivity index (χ1) is 10.2. The summed E-state index contributed by atoms with van der Waals surface area (Å²) in [6.07, 6.45) is 4.68. The van der Waals surface area contributed by atoms with Crippen LogP contribution in [-0.4, -0.2) is 46.6 Å². The van der Waals surface area contributed by atoms with Crippen molar-refractivity contribution >= 4 is 11.7 Å². The average molecular weight is 295 g/mol. The van der Waals surface area contributed by atoms with E-state index in [0.29, 0.717) is 25.3 Å². The van der Waals surface area contributed by atoms with Gasteiger partial charge in [-0.3, -0.25) is 4.79 Å². The molecule has 5 nitrogen and oxygen atoms in total. The molecule has 0 saturated heterocycles. The van der Waals surface area contributed by atoms with Gasteiger partial charge in [-0.05, 0) is 38.7 Å². The molecule has 0 aliphatic heterocycles. The van der Waals surface area contributed by atoms with Crippen molar-refractivity contribution < 1.29 is 14.3 Å². The number of hydrogen-bond donors (Lipinski definition) is 2. The summed E-state index contributed by atoms with van der Waals surface area (Å²) >= 11 is 0. The molecule has 1 aliphatic rings. The minimum Gasteiger partial charge on any atom is -0.396 e. The van der Waals surface area contributed by atoms with Gasteiger partial charge >= 0.3 is 0 Å². The molecule has 0 unspecified atom stereocenters. The molecule has 1 heterocycles. The topological polar surface area (TPSA) is 65.5 Å². The van der Waals surface area contributed by atoms with Gasteiger partial charge in [0.15, 0.2) is 0 Å². The fourth-order valence-electron chi connectivity index (χ4n) is 2.45. The van der Waals surface area contributed by atoms with Crippen LogP contribution >= 0.6 is 0 Å². The maximum atomic E-state index is 13.5. The fraction of sp³-hybridized carbons (Fsp3) is 0.600. The summed E-state index contributed by atoms with van der Waals surface area (Å²) in [7, 11) is 0. The number of amides is 1. The summed E-state index contributed by atoms with van der Waals surface area (Å²) in [5.74, 6) is -0.316. The van der Waals surface area contributed by atoms with Crippen molar-refractivity contribution in [1.29, 1.82) is 0 Å². The molecule has 21 heavy (non-hydrogen) atoms. The number of halogens is 1. The summed E-state index contributed by atoms with van der Waals surface area (Å²) in [6, 6.07) is 1.43. The van der Waals surface area contributed by atoms with E-state index in [9.17, 15) is 9.18 Å². The molecule has 1 aromatic heterocycles. The van der Waals surface area contributed by atoms with Crippen molar-refractivity contribution in [2.24, 2.45) is 0 Å². The Morgan fingerprint density at radius 2 is 2.33 bits per heavy atom. The first kappa shape index (κ1) is 15.7. The van der Waals surface area contributed by atoms with E-state index in [1.165, 1.54) is 6.07 Å². The summed E-state index contributed by atoms with van der Waals surface area (Å²) in [5.41, 5.74) is 0.265. The predicted molar refractivity (Wildman–Crippen MR) is 78.7 cm³/mol. The highest BCUT2D eigenvalue weighted by atomic mass is 19.1. The first-order valence-corrected chi connectivity index (χ1v) is 7.48. The largest absolute Gasteiger partial charge is 0.396 e. The highest BCUT2D eigenvalue weighted by molar-refractivity contribution is 5.99. The molecular weight excluding hydrogens is 273 g/mol. The minimum absolute atomic E-state index is 0.0397. The van der Waals surface area contributed by atoms with Crippen molar-refractivity contribution in [2.75, 3.05) is 25.0 Å². The van der Waals surface area contributed by atoms with Crippen molar-refractivity contribution in [3.05, 3.63) is 23.6 Å². The van der Waals surface area contributed by atoms with Gasteiger partial charge in [0.05, 0.1) is 11.8 Å². The van der Waals surface area contributed by atoms with Crippen LogP contribution in [0.3, 0.4) is 0 Å². The Morgan fingerprint density at radius 3 is 2.90 bits per heavy atom. The van der Waals surface area contributed by atoms with Crippen molar-refractivity contribution in [1.82, 2.24) is 9.88 Å². The molecule has 2 rings (SSSR count). The normalized spacial score (nSPS) is 14.6. The van der Waals surface area contributed by atoms with Gasteiger partial charge in [-0.2, -0.15) is 0 Å². The summed E-state index contributed by atoms with van der Waals surface area (Å²) in [4.78, 5) is 18.4. The molecule has 1 aromatic rings. The number of aromatic nitrogens is 1. The number of aliphatic hydroxyl groups is 1. The second kappa shape index (κ2) is 7.36. The standard InChI is InChI=1S/C15H22FN3O2/c1-2-17-14-13(9-11(16)10-18-14)15(21)19(7-4-8-20)12-5-3-6-12/h9-10,12,20H,2-8H2,1H3,(H,17,18). The monoisotopic (exact) mass is 295 g/mol. The van der Waals surface area contributed by atoms with Gasteiger partial charge in [0.2, 0.25) is 0 Å². The van der Waals surface area contributed by atoms with E-state index in [-0.39, 0.29) is 24.1 Å². The Balaban J connectivity index is 2.24. The van der Waals surface area contributed by atoms with E-state index in [1.807, 2.05) is 6.92 Å². The number of pyridine rings is 1. The van der Waals surface area contributed by atoms with Gasteiger partial charge in [-0.25, -0.2) is 9.37 Å². The van der Waals surface area contributed by atoms with Crippen LogP contribution in [0.4, 0.5) is 10.2 Å². The Morgan fingerprint density at radius 1 is 1.57 bits per heavy atom. The second-order valence-electron chi connectivity index (χ2n) is 5.24. The fourth-order valence-corrected chi connectivity index (χ4v) is 2.45. The predicted octanol–water partition coefficient (Wildman–Crippen LogP) is 2.03. The highest BCUT2D eigenvalue weighted by Gasteiger charge is 2.30. The molecular formula is C15H22FN3O2. The van der Waals surface area contributed by atoms with Crippen LogP contribution < -0.4 is 5.32 Å². The molecule has 2 N–H and O–H groups in total. The quantitative estimate of drug-likeness (QED) is 0.808. The molecule has 116 valence electrons. The summed E-state index contributed by atoms with van der Waals surface area (Å²) in [5, 5.41) is 12.0. The Kier molecular flexibility index (Phi) is 5.50. The first-order valence-electron chi connectivity index (χ1n) is 7.48. The van der Waals surface area contributed by atoms with E-state index in [2.05, 4.69) is 10.3 Å². The number of rotatable bonds is 7. The Labute approximate surface area is 124 Å². The SMILES string of the molecule is CCNc1ncc(F)cc1C(=O)N(CCCO)C1CCC1. The minimum atomic E-state index is -0.518. The van der Waals surface area contributed by atoms with E-state index in [1.54, 1.807) is 4.90 Å². The van der Waals surface area contributed by atoms with Crippen LogP contribution in [0.15, 0.2) is 12.3 Å². The molecule has 1 fully saturated rings. The van der Waals surface area contributed by atoms with Crippen LogP contribution in [0, 0.1) is 5.82 Å². The Bertz CT molecular complexity index is 492. The zero-order valence-electron chi connectivity index (χ0n) is 12.3. The van der Waals surface area contributed by atoms with Crippen molar-refractivity contribution in [3.63, 3.8) is 0 Å². The number of nitrogens with zero attached hydrogens (tertiary/aromatic N) is 2. The molecule has 0 spiro atoms. The van der Waals surface area contributed by atoms with Crippen LogP contribution in [0.1, 0.15) is 43.0 Å². The molecule has 1 saturated carbocycles. The summed E-state index contributed by atoms with van der Waals surface area (Å²) in [6.45, 7) is 3.04. The number of carbonyl (C=O) groups is 1. The van der Waals surface area contributed by atoms with Crippen LogP contribution in [0.25, 0.3) is 0 Å². The molecule has 1 amide bonds. The van der Waals surface area contributed by atoms with Gasteiger partial charge in [0, 0.05) is 25.7 Å². The zero-order valence-corrected chi connectivity index (χ0v) is 12.3. The maximum absolute atomic E-state index is 13.5. The lowest BCUT2D eigenvalue weighted by molar-refractivity contribution is 0.0562. The number of hydrogen-bond acceptors (Lipinski definition) is 4. The third-order valence-corrected chi connectivity index (χ3v) is 3.76. The number of anilines is 1. The highest BCUT2D eigenvalue weighted by Crippen LogP contribution is 2.27. The zero-order chi connectivity index (χ0) is 15.2. The molecule has 0 bridgehead atoms. The van der Waals surface area contributed by atoms with Crippen LogP contribution in [-0.2, 0) is 0 Å². The molecule has 6 heteroatoms. The van der Waals surface area contributed by atoms with Gasteiger partial charge in [-0.1, -0.05) is 0 Å². The maximum Gasteiger partial charge on any atom is 0.257 e. The van der Waals surface area contributed by atoms with Gasteiger partial charge in [0.25, 0.3) is 5.91 Å². The average Bonchev–Trinajstić information content (AvgIpc) is 2.42. The van der Waals surface area contributed by atoms with Crippen molar-refractivity contribution in [3.8, 4) is 0 Å². The Hall–Kier alpha value is -1.69. The summed E-state index contributed by atoms with van der Waals surface area (Å²) < 4.78 is 13.5. The van der Waals surface area contributed by atoms with E-state index in [0.717, 1.165) is 25.5 Å². The third-order valence-electron chi connectivity index (χ3n) is 3.76. The van der Waals surface area contributed by atoms with E-state index < -0.39 is 5.82 Å². The lowest BCUT2D eigenvalue weighted by Gasteiger charge is -2.37. The van der Waals surface area contributed by atoms with Gasteiger partial charge < -0.3 is 15.3 Å². The van der Waals surface area contributed by atoms with Gasteiger partial charge in [-0.15, -0.1) is 0 Å². The van der Waals surface area contributed by atoms with Crippen LogP contribution in [0.5, 0.6) is 0 Å². The number of carbonyl (C=O) groups excluding carboxylic acids is 1. The van der Waals surface area contributed by atoms with Crippen LogP contribution in [0.2, 0.25) is 0 Å². The lowest BCUT2D eigenvalue weighted by Crippen LogP contribution is -2.45. The lowest BCUT2D eigenvalue weighted by atomic mass is 9.90.